The van der Waals surface area contributed by atoms with E-state index < -0.39 is 21.6 Å². The maximum atomic E-state index is 12.5. The Morgan fingerprint density at radius 3 is 2.18 bits per heavy atom. The van der Waals surface area contributed by atoms with E-state index in [0.29, 0.717) is 0 Å². The van der Waals surface area contributed by atoms with Crippen LogP contribution in [0.4, 0.5) is 4.79 Å². The first kappa shape index (κ1) is 16.4. The fourth-order valence-electron chi connectivity index (χ4n) is 2.65. The molecule has 2 amide bonds. The average molecular weight is 325 g/mol. The SMILES string of the molecule is CC(=O)C1(NC(N)=O)CCN(S(=O)(=O)c2ccccc2)CC1. The molecular weight excluding hydrogens is 306 g/mol. The van der Waals surface area contributed by atoms with Crippen LogP contribution in [0.3, 0.4) is 0 Å². The summed E-state index contributed by atoms with van der Waals surface area (Å²) in [6.45, 7) is 1.67. The van der Waals surface area contributed by atoms with Crippen LogP contribution in [0.1, 0.15) is 19.8 Å². The predicted molar refractivity (Wildman–Crippen MR) is 80.6 cm³/mol. The van der Waals surface area contributed by atoms with Gasteiger partial charge in [0, 0.05) is 13.1 Å². The van der Waals surface area contributed by atoms with Crippen molar-refractivity contribution in [1.82, 2.24) is 9.62 Å². The Kier molecular flexibility index (Phi) is 4.52. The molecule has 0 unspecified atom stereocenters. The first-order chi connectivity index (χ1) is 10.3. The zero-order valence-electron chi connectivity index (χ0n) is 12.3. The molecule has 1 heterocycles. The van der Waals surface area contributed by atoms with E-state index in [0.717, 1.165) is 0 Å². The minimum Gasteiger partial charge on any atom is -0.352 e. The quantitative estimate of drug-likeness (QED) is 0.838. The number of Topliss-reactive ketones (excluding diaryl/α,β-unsaturated/α-hetero) is 1. The van der Waals surface area contributed by atoms with E-state index in [1.807, 2.05) is 0 Å². The number of hydrogen-bond donors (Lipinski definition) is 2. The zero-order valence-corrected chi connectivity index (χ0v) is 13.1. The summed E-state index contributed by atoms with van der Waals surface area (Å²) in [6.07, 6.45) is 0.411. The molecule has 0 aliphatic carbocycles. The van der Waals surface area contributed by atoms with Gasteiger partial charge in [-0.05, 0) is 31.9 Å². The summed E-state index contributed by atoms with van der Waals surface area (Å²) >= 11 is 0. The van der Waals surface area contributed by atoms with Gasteiger partial charge in [0.15, 0.2) is 5.78 Å². The standard InChI is InChI=1S/C14H19N3O4S/c1-11(18)14(16-13(15)19)7-9-17(10-8-14)22(20,21)12-5-3-2-4-6-12/h2-6H,7-10H2,1H3,(H3,15,16,19). The van der Waals surface area contributed by atoms with Gasteiger partial charge in [0.1, 0.15) is 5.54 Å². The molecule has 0 atom stereocenters. The highest BCUT2D eigenvalue weighted by Crippen LogP contribution is 2.27. The highest BCUT2D eigenvalue weighted by Gasteiger charge is 2.42. The molecule has 3 N–H and O–H groups in total. The third-order valence-corrected chi connectivity index (χ3v) is 5.91. The number of carbonyl (C=O) groups is 2. The third-order valence-electron chi connectivity index (χ3n) is 3.99. The lowest BCUT2D eigenvalue weighted by molar-refractivity contribution is -0.124. The molecule has 0 bridgehead atoms. The average Bonchev–Trinajstić information content (AvgIpc) is 2.48. The van der Waals surface area contributed by atoms with Gasteiger partial charge in [-0.15, -0.1) is 0 Å². The van der Waals surface area contributed by atoms with Gasteiger partial charge in [0.25, 0.3) is 0 Å². The number of hydrogen-bond acceptors (Lipinski definition) is 4. The maximum absolute atomic E-state index is 12.5. The highest BCUT2D eigenvalue weighted by molar-refractivity contribution is 7.89. The lowest BCUT2D eigenvalue weighted by Crippen LogP contribution is -2.61. The Hall–Kier alpha value is -1.93. The molecule has 0 saturated carbocycles. The first-order valence-corrected chi connectivity index (χ1v) is 8.36. The summed E-state index contributed by atoms with van der Waals surface area (Å²) in [6, 6.07) is 7.34. The number of nitrogens with one attached hydrogen (secondary N) is 1. The van der Waals surface area contributed by atoms with E-state index in [1.165, 1.54) is 23.4 Å². The Labute approximate surface area is 129 Å². The maximum Gasteiger partial charge on any atom is 0.312 e. The van der Waals surface area contributed by atoms with Crippen LogP contribution in [-0.2, 0) is 14.8 Å². The van der Waals surface area contributed by atoms with Gasteiger partial charge in [-0.3, -0.25) is 4.79 Å². The fourth-order valence-corrected chi connectivity index (χ4v) is 4.11. The van der Waals surface area contributed by atoms with Crippen LogP contribution >= 0.6 is 0 Å². The zero-order chi connectivity index (χ0) is 16.4. The summed E-state index contributed by atoms with van der Waals surface area (Å²) in [5, 5.41) is 2.47. The summed E-state index contributed by atoms with van der Waals surface area (Å²) in [4.78, 5) is 23.2. The van der Waals surface area contributed by atoms with Crippen molar-refractivity contribution in [1.29, 1.82) is 0 Å². The van der Waals surface area contributed by atoms with Crippen molar-refractivity contribution >= 4 is 21.8 Å². The predicted octanol–water partition coefficient (Wildman–Crippen LogP) is 0.467. The van der Waals surface area contributed by atoms with E-state index in [2.05, 4.69) is 5.32 Å². The lowest BCUT2D eigenvalue weighted by Gasteiger charge is -2.39. The molecule has 1 aromatic rings. The molecular formula is C14H19N3O4S. The third kappa shape index (κ3) is 3.12. The molecule has 1 aliphatic heterocycles. The number of nitrogens with two attached hydrogens (primary N) is 1. The van der Waals surface area contributed by atoms with Crippen molar-refractivity contribution in [2.75, 3.05) is 13.1 Å². The Bertz CT molecular complexity index is 665. The van der Waals surface area contributed by atoms with E-state index in [4.69, 9.17) is 5.73 Å². The lowest BCUT2D eigenvalue weighted by atomic mass is 9.85. The second kappa shape index (κ2) is 6.05. The number of sulfonamides is 1. The van der Waals surface area contributed by atoms with Crippen molar-refractivity contribution in [3.05, 3.63) is 30.3 Å². The van der Waals surface area contributed by atoms with Crippen LogP contribution < -0.4 is 11.1 Å². The van der Waals surface area contributed by atoms with E-state index >= 15 is 0 Å². The van der Waals surface area contributed by atoms with Crippen LogP contribution in [0.2, 0.25) is 0 Å². The van der Waals surface area contributed by atoms with Crippen LogP contribution in [-0.4, -0.2) is 43.2 Å². The van der Waals surface area contributed by atoms with Gasteiger partial charge in [0.05, 0.1) is 4.90 Å². The second-order valence-electron chi connectivity index (χ2n) is 5.34. The summed E-state index contributed by atoms with van der Waals surface area (Å²) in [7, 11) is -3.59. The monoisotopic (exact) mass is 325 g/mol. The molecule has 8 heteroatoms. The largest absolute Gasteiger partial charge is 0.352 e. The van der Waals surface area contributed by atoms with Crippen LogP contribution in [0.15, 0.2) is 35.2 Å². The minimum atomic E-state index is -3.59. The molecule has 120 valence electrons. The van der Waals surface area contributed by atoms with Gasteiger partial charge in [-0.25, -0.2) is 13.2 Å². The fraction of sp³-hybridized carbons (Fsp3) is 0.429. The van der Waals surface area contributed by atoms with Gasteiger partial charge < -0.3 is 11.1 Å². The van der Waals surface area contributed by atoms with Gasteiger partial charge in [0.2, 0.25) is 10.0 Å². The smallest absolute Gasteiger partial charge is 0.312 e. The van der Waals surface area contributed by atoms with Crippen LogP contribution in [0.25, 0.3) is 0 Å². The van der Waals surface area contributed by atoms with Crippen molar-refractivity contribution in [2.24, 2.45) is 5.73 Å². The molecule has 1 aliphatic rings. The highest BCUT2D eigenvalue weighted by atomic mass is 32.2. The molecule has 22 heavy (non-hydrogen) atoms. The van der Waals surface area contributed by atoms with E-state index in [9.17, 15) is 18.0 Å². The van der Waals surface area contributed by atoms with Crippen molar-refractivity contribution in [3.8, 4) is 0 Å². The molecule has 0 radical (unpaired) electrons. The van der Waals surface area contributed by atoms with Gasteiger partial charge in [-0.2, -0.15) is 4.31 Å². The van der Waals surface area contributed by atoms with Gasteiger partial charge >= 0.3 is 6.03 Å². The Morgan fingerprint density at radius 2 is 1.73 bits per heavy atom. The molecule has 2 rings (SSSR count). The summed E-state index contributed by atoms with van der Waals surface area (Å²) in [5.41, 5.74) is 4.05. The Balaban J connectivity index is 2.18. The topological polar surface area (TPSA) is 110 Å². The van der Waals surface area contributed by atoms with Crippen molar-refractivity contribution in [3.63, 3.8) is 0 Å². The van der Waals surface area contributed by atoms with Crippen molar-refractivity contribution in [2.45, 2.75) is 30.2 Å². The number of primary amides is 1. The molecule has 1 aromatic carbocycles. The molecule has 0 aromatic heterocycles. The van der Waals surface area contributed by atoms with Crippen LogP contribution in [0, 0.1) is 0 Å². The molecule has 7 nitrogen and oxygen atoms in total. The number of urea groups is 1. The van der Waals surface area contributed by atoms with E-state index in [-0.39, 0.29) is 36.6 Å². The molecule has 0 spiro atoms. The molecule has 1 fully saturated rings. The Morgan fingerprint density at radius 1 is 1.18 bits per heavy atom. The first-order valence-electron chi connectivity index (χ1n) is 6.92. The number of rotatable bonds is 4. The number of amides is 2. The number of ketones is 1. The minimum absolute atomic E-state index is 0.150. The number of piperidine rings is 1. The van der Waals surface area contributed by atoms with Crippen molar-refractivity contribution < 1.29 is 18.0 Å². The number of carbonyl (C=O) groups excluding carboxylic acids is 2. The summed E-state index contributed by atoms with van der Waals surface area (Å²) < 4.78 is 26.4. The summed E-state index contributed by atoms with van der Waals surface area (Å²) in [5.74, 6) is -0.219. The second-order valence-corrected chi connectivity index (χ2v) is 7.28. The van der Waals surface area contributed by atoms with E-state index in [1.54, 1.807) is 18.2 Å². The molecule has 1 saturated heterocycles. The van der Waals surface area contributed by atoms with Gasteiger partial charge in [-0.1, -0.05) is 18.2 Å². The van der Waals surface area contributed by atoms with Crippen LogP contribution in [0.5, 0.6) is 0 Å². The number of benzene rings is 1. The normalized spacial score (nSPS) is 18.6. The number of nitrogens with zero attached hydrogens (tertiary/aromatic N) is 1.